The zero-order chi connectivity index (χ0) is 15.1. The van der Waals surface area contributed by atoms with Crippen LogP contribution in [0.15, 0.2) is 0 Å². The minimum Gasteiger partial charge on any atom is -0.356 e. The van der Waals surface area contributed by atoms with Gasteiger partial charge in [0.15, 0.2) is 0 Å². The molecule has 0 saturated carbocycles. The third-order valence-electron chi connectivity index (χ3n) is 4.58. The Kier molecular flexibility index (Phi) is 6.49. The molecule has 2 heterocycles. The maximum absolute atomic E-state index is 12.2. The van der Waals surface area contributed by atoms with Gasteiger partial charge in [-0.05, 0) is 51.6 Å². The first-order valence-corrected chi connectivity index (χ1v) is 8.48. The Bertz CT molecular complexity index is 345. The van der Waals surface area contributed by atoms with Crippen LogP contribution in [0.1, 0.15) is 45.4 Å². The van der Waals surface area contributed by atoms with E-state index in [9.17, 15) is 9.59 Å². The number of piperidine rings is 2. The predicted molar refractivity (Wildman–Crippen MR) is 82.9 cm³/mol. The molecule has 5 nitrogen and oxygen atoms in total. The van der Waals surface area contributed by atoms with Crippen molar-refractivity contribution in [2.24, 2.45) is 5.92 Å². The van der Waals surface area contributed by atoms with Crippen LogP contribution in [-0.4, -0.2) is 60.9 Å². The molecule has 2 fully saturated rings. The molecule has 0 radical (unpaired) electrons. The van der Waals surface area contributed by atoms with Crippen LogP contribution in [0.2, 0.25) is 0 Å². The molecule has 120 valence electrons. The number of amides is 2. The van der Waals surface area contributed by atoms with Gasteiger partial charge in [-0.1, -0.05) is 6.92 Å². The number of hydrogen-bond acceptors (Lipinski definition) is 3. The van der Waals surface area contributed by atoms with Gasteiger partial charge >= 0.3 is 0 Å². The largest absolute Gasteiger partial charge is 0.356 e. The first-order chi connectivity index (χ1) is 10.2. The number of carbonyl (C=O) groups excluding carboxylic acids is 2. The molecule has 0 aromatic carbocycles. The van der Waals surface area contributed by atoms with Crippen LogP contribution in [0.5, 0.6) is 0 Å². The summed E-state index contributed by atoms with van der Waals surface area (Å²) in [5, 5.41) is 2.98. The molecule has 2 aliphatic rings. The molecular weight excluding hydrogens is 266 g/mol. The molecule has 0 unspecified atom stereocenters. The molecule has 2 aliphatic heterocycles. The molecule has 2 amide bonds. The first-order valence-electron chi connectivity index (χ1n) is 8.48. The summed E-state index contributed by atoms with van der Waals surface area (Å²) in [4.78, 5) is 28.4. The van der Waals surface area contributed by atoms with Gasteiger partial charge in [-0.25, -0.2) is 0 Å². The van der Waals surface area contributed by atoms with Gasteiger partial charge in [0, 0.05) is 25.6 Å². The van der Waals surface area contributed by atoms with E-state index in [4.69, 9.17) is 0 Å². The van der Waals surface area contributed by atoms with Crippen molar-refractivity contribution in [3.8, 4) is 0 Å². The number of nitrogens with one attached hydrogen (secondary N) is 1. The summed E-state index contributed by atoms with van der Waals surface area (Å²) in [5.41, 5.74) is 0. The van der Waals surface area contributed by atoms with Gasteiger partial charge in [-0.2, -0.15) is 0 Å². The fourth-order valence-corrected chi connectivity index (χ4v) is 3.18. The van der Waals surface area contributed by atoms with E-state index in [-0.39, 0.29) is 17.7 Å². The Hall–Kier alpha value is -1.10. The second-order valence-electron chi connectivity index (χ2n) is 6.28. The minimum atomic E-state index is 0.137. The van der Waals surface area contributed by atoms with Crippen molar-refractivity contribution in [3.05, 3.63) is 0 Å². The zero-order valence-corrected chi connectivity index (χ0v) is 13.3. The highest BCUT2D eigenvalue weighted by atomic mass is 16.2. The smallest absolute Gasteiger partial charge is 0.236 e. The molecule has 0 aliphatic carbocycles. The average Bonchev–Trinajstić information content (AvgIpc) is 2.54. The Morgan fingerprint density at radius 2 is 1.71 bits per heavy atom. The minimum absolute atomic E-state index is 0.137. The van der Waals surface area contributed by atoms with Crippen LogP contribution >= 0.6 is 0 Å². The fraction of sp³-hybridized carbons (Fsp3) is 0.875. The lowest BCUT2D eigenvalue weighted by atomic mass is 9.96. The molecule has 2 rings (SSSR count). The Morgan fingerprint density at radius 3 is 2.33 bits per heavy atom. The second-order valence-corrected chi connectivity index (χ2v) is 6.28. The lowest BCUT2D eigenvalue weighted by Gasteiger charge is -2.33. The molecule has 0 atom stereocenters. The van der Waals surface area contributed by atoms with Gasteiger partial charge < -0.3 is 10.2 Å². The standard InChI is InChI=1S/C16H29N3O2/c1-2-8-17-16(21)14-6-11-18(12-7-14)13-15(20)19-9-4-3-5-10-19/h14H,2-13H2,1H3,(H,17,21). The summed E-state index contributed by atoms with van der Waals surface area (Å²) >= 11 is 0. The lowest BCUT2D eigenvalue weighted by molar-refractivity contribution is -0.133. The van der Waals surface area contributed by atoms with Gasteiger partial charge in [-0.15, -0.1) is 0 Å². The molecule has 0 aromatic rings. The maximum atomic E-state index is 12.2. The third kappa shape index (κ3) is 4.99. The Morgan fingerprint density at radius 1 is 1.05 bits per heavy atom. The molecule has 2 saturated heterocycles. The number of likely N-dealkylation sites (tertiary alicyclic amines) is 2. The molecular formula is C16H29N3O2. The van der Waals surface area contributed by atoms with E-state index in [0.29, 0.717) is 6.54 Å². The average molecular weight is 295 g/mol. The Labute approximate surface area is 128 Å². The van der Waals surface area contributed by atoms with Crippen molar-refractivity contribution in [2.75, 3.05) is 39.3 Å². The van der Waals surface area contributed by atoms with E-state index in [2.05, 4.69) is 17.1 Å². The number of rotatable bonds is 5. The third-order valence-corrected chi connectivity index (χ3v) is 4.58. The number of nitrogens with zero attached hydrogens (tertiary/aromatic N) is 2. The van der Waals surface area contributed by atoms with Crippen molar-refractivity contribution in [1.29, 1.82) is 0 Å². The van der Waals surface area contributed by atoms with Crippen LogP contribution in [0.3, 0.4) is 0 Å². The SMILES string of the molecule is CCCNC(=O)C1CCN(CC(=O)N2CCCCC2)CC1. The summed E-state index contributed by atoms with van der Waals surface area (Å²) in [6, 6.07) is 0. The normalized spacial score (nSPS) is 21.3. The quantitative estimate of drug-likeness (QED) is 0.830. The lowest BCUT2D eigenvalue weighted by Crippen LogP contribution is -2.46. The number of carbonyl (C=O) groups is 2. The number of hydrogen-bond donors (Lipinski definition) is 1. The van der Waals surface area contributed by atoms with Crippen molar-refractivity contribution >= 4 is 11.8 Å². The molecule has 5 heteroatoms. The van der Waals surface area contributed by atoms with Crippen LogP contribution in [-0.2, 0) is 9.59 Å². The molecule has 1 N–H and O–H groups in total. The molecule has 0 bridgehead atoms. The summed E-state index contributed by atoms with van der Waals surface area (Å²) in [5.74, 6) is 0.598. The first kappa shape index (κ1) is 16.3. The Balaban J connectivity index is 1.68. The van der Waals surface area contributed by atoms with Crippen molar-refractivity contribution in [3.63, 3.8) is 0 Å². The van der Waals surface area contributed by atoms with E-state index in [1.54, 1.807) is 0 Å². The van der Waals surface area contributed by atoms with Crippen LogP contribution < -0.4 is 5.32 Å². The fourth-order valence-electron chi connectivity index (χ4n) is 3.18. The zero-order valence-electron chi connectivity index (χ0n) is 13.3. The summed E-state index contributed by atoms with van der Waals surface area (Å²) < 4.78 is 0. The van der Waals surface area contributed by atoms with Crippen molar-refractivity contribution in [1.82, 2.24) is 15.1 Å². The van der Waals surface area contributed by atoms with E-state index >= 15 is 0 Å². The van der Waals surface area contributed by atoms with Gasteiger partial charge in [0.1, 0.15) is 0 Å². The van der Waals surface area contributed by atoms with Crippen molar-refractivity contribution < 1.29 is 9.59 Å². The molecule has 0 spiro atoms. The van der Waals surface area contributed by atoms with Gasteiger partial charge in [-0.3, -0.25) is 14.5 Å². The second kappa shape index (κ2) is 8.37. The predicted octanol–water partition coefficient (Wildman–Crippen LogP) is 1.24. The van der Waals surface area contributed by atoms with E-state index in [0.717, 1.165) is 64.8 Å². The summed E-state index contributed by atoms with van der Waals surface area (Å²) in [7, 11) is 0. The highest BCUT2D eigenvalue weighted by Crippen LogP contribution is 2.18. The van der Waals surface area contributed by atoms with E-state index in [1.807, 2.05) is 4.90 Å². The van der Waals surface area contributed by atoms with Crippen LogP contribution in [0, 0.1) is 5.92 Å². The monoisotopic (exact) mass is 295 g/mol. The highest BCUT2D eigenvalue weighted by Gasteiger charge is 2.27. The molecule has 0 aromatic heterocycles. The van der Waals surface area contributed by atoms with Gasteiger partial charge in [0.2, 0.25) is 11.8 Å². The summed E-state index contributed by atoms with van der Waals surface area (Å²) in [6.45, 7) is 6.95. The topological polar surface area (TPSA) is 52.7 Å². The van der Waals surface area contributed by atoms with Gasteiger partial charge in [0.25, 0.3) is 0 Å². The highest BCUT2D eigenvalue weighted by molar-refractivity contribution is 5.79. The molecule has 21 heavy (non-hydrogen) atoms. The van der Waals surface area contributed by atoms with E-state index in [1.165, 1.54) is 6.42 Å². The van der Waals surface area contributed by atoms with Crippen LogP contribution in [0.4, 0.5) is 0 Å². The van der Waals surface area contributed by atoms with Gasteiger partial charge in [0.05, 0.1) is 6.54 Å². The van der Waals surface area contributed by atoms with E-state index < -0.39 is 0 Å². The summed E-state index contributed by atoms with van der Waals surface area (Å²) in [6.07, 6.45) is 6.28. The van der Waals surface area contributed by atoms with Crippen LogP contribution in [0.25, 0.3) is 0 Å². The van der Waals surface area contributed by atoms with Crippen molar-refractivity contribution in [2.45, 2.75) is 45.4 Å². The maximum Gasteiger partial charge on any atom is 0.236 e.